The molecule has 0 bridgehead atoms. The summed E-state index contributed by atoms with van der Waals surface area (Å²) in [5, 5.41) is 0. The van der Waals surface area contributed by atoms with Crippen molar-refractivity contribution in [2.45, 2.75) is 31.7 Å². The molecule has 2 rings (SSSR count). The quantitative estimate of drug-likeness (QED) is 0.646. The van der Waals surface area contributed by atoms with Gasteiger partial charge in [0.05, 0.1) is 0 Å². The van der Waals surface area contributed by atoms with Crippen LogP contribution in [-0.4, -0.2) is 55.5 Å². The van der Waals surface area contributed by atoms with Crippen LogP contribution in [0.1, 0.15) is 25.7 Å². The molecule has 0 aromatic heterocycles. The summed E-state index contributed by atoms with van der Waals surface area (Å²) in [6.07, 6.45) is 4.75. The minimum absolute atomic E-state index is 0. The van der Waals surface area contributed by atoms with E-state index in [1.54, 1.807) is 0 Å². The van der Waals surface area contributed by atoms with Crippen LogP contribution < -0.4 is 51.4 Å². The first-order valence-corrected chi connectivity index (χ1v) is 6.81. The second kappa shape index (κ2) is 7.96. The second-order valence-corrected chi connectivity index (χ2v) is 5.51. The fourth-order valence-corrected chi connectivity index (χ4v) is 2.93. The van der Waals surface area contributed by atoms with Gasteiger partial charge in [0.1, 0.15) is 0 Å². The smallest absolute Gasteiger partial charge is 0.445 e. The average Bonchev–Trinajstić information content (AvgIpc) is 2.77. The van der Waals surface area contributed by atoms with Gasteiger partial charge in [0.2, 0.25) is 0 Å². The predicted octanol–water partition coefficient (Wildman–Crippen LogP) is -0.507. The van der Waals surface area contributed by atoms with Crippen LogP contribution in [0.3, 0.4) is 0 Å². The van der Waals surface area contributed by atoms with E-state index in [2.05, 4.69) is 11.5 Å². The molecule has 0 spiro atoms. The van der Waals surface area contributed by atoms with Crippen LogP contribution >= 0.6 is 0 Å². The summed E-state index contributed by atoms with van der Waals surface area (Å²) in [5.41, 5.74) is -0.561. The number of hydrogen-bond donors (Lipinski definition) is 0. The summed E-state index contributed by atoms with van der Waals surface area (Å²) in [6, 6.07) is 0.457. The Morgan fingerprint density at radius 3 is 2.32 bits per heavy atom. The first-order chi connectivity index (χ1) is 8.47. The minimum Gasteiger partial charge on any atom is -0.445 e. The Bertz CT molecular complexity index is 306. The van der Waals surface area contributed by atoms with Gasteiger partial charge in [-0.05, 0) is 45.4 Å². The van der Waals surface area contributed by atoms with Crippen molar-refractivity contribution in [3.63, 3.8) is 0 Å². The van der Waals surface area contributed by atoms with Crippen molar-refractivity contribution in [2.75, 3.05) is 32.7 Å². The van der Waals surface area contributed by atoms with Gasteiger partial charge in [-0.3, -0.25) is 4.90 Å². The van der Waals surface area contributed by atoms with E-state index in [1.807, 2.05) is 4.90 Å². The fourth-order valence-electron chi connectivity index (χ4n) is 2.93. The zero-order valence-electron chi connectivity index (χ0n) is 11.8. The Hall–Kier alpha value is 1.15. The second-order valence-electron chi connectivity index (χ2n) is 5.51. The molecule has 0 radical (unpaired) electrons. The van der Waals surface area contributed by atoms with E-state index in [0.29, 0.717) is 6.04 Å². The van der Waals surface area contributed by atoms with Gasteiger partial charge in [0, 0.05) is 12.6 Å². The molecule has 104 valence electrons. The Kier molecular flexibility index (Phi) is 7.63. The van der Waals surface area contributed by atoms with Gasteiger partial charge >= 0.3 is 58.4 Å². The number of hydrogen-bond acceptors (Lipinski definition) is 2. The van der Waals surface area contributed by atoms with E-state index >= 15 is 0 Å². The van der Waals surface area contributed by atoms with E-state index in [9.17, 15) is 12.9 Å². The third-order valence-corrected chi connectivity index (χ3v) is 4.04. The van der Waals surface area contributed by atoms with Crippen molar-refractivity contribution in [1.29, 1.82) is 0 Å². The molecule has 0 N–H and O–H groups in total. The SMILES string of the molecule is C=C(CN1CCC(N2CCCCC2)C1)[B-](F)(F)F.[K+]. The fraction of sp³-hybridized carbons (Fsp3) is 0.833. The number of halogens is 3. The zero-order valence-corrected chi connectivity index (χ0v) is 14.9. The first kappa shape index (κ1) is 18.2. The van der Waals surface area contributed by atoms with Crippen LogP contribution in [0.2, 0.25) is 0 Å². The van der Waals surface area contributed by atoms with Crippen LogP contribution in [0.4, 0.5) is 12.9 Å². The monoisotopic (exact) mass is 300 g/mol. The summed E-state index contributed by atoms with van der Waals surface area (Å²) < 4.78 is 37.4. The first-order valence-electron chi connectivity index (χ1n) is 6.81. The maximum absolute atomic E-state index is 12.5. The van der Waals surface area contributed by atoms with Crippen molar-refractivity contribution in [1.82, 2.24) is 9.80 Å². The van der Waals surface area contributed by atoms with E-state index in [-0.39, 0.29) is 57.9 Å². The summed E-state index contributed by atoms with van der Waals surface area (Å²) in [7, 11) is 0. The molecule has 2 aliphatic rings. The normalized spacial score (nSPS) is 26.2. The molecule has 0 amide bonds. The molecular weight excluding hydrogens is 279 g/mol. The summed E-state index contributed by atoms with van der Waals surface area (Å²) in [6.45, 7) is 2.06. The van der Waals surface area contributed by atoms with Crippen LogP contribution in [0.5, 0.6) is 0 Å². The number of likely N-dealkylation sites (tertiary alicyclic amines) is 2. The topological polar surface area (TPSA) is 6.48 Å². The standard InChI is InChI=1S/C12H21BF3N2.K/c1-11(13(14,15)16)9-17-8-5-12(10-17)18-6-3-2-4-7-18;/h12H,1-10H2;/q-1;+1. The minimum atomic E-state index is -4.87. The average molecular weight is 300 g/mol. The molecule has 0 aromatic rings. The Morgan fingerprint density at radius 2 is 1.74 bits per heavy atom. The number of rotatable bonds is 4. The van der Waals surface area contributed by atoms with Crippen molar-refractivity contribution in [3.05, 3.63) is 12.1 Å². The number of piperidine rings is 1. The Labute approximate surface area is 156 Å². The zero-order chi connectivity index (χ0) is 13.2. The van der Waals surface area contributed by atoms with Crippen molar-refractivity contribution in [2.24, 2.45) is 0 Å². The summed E-state index contributed by atoms with van der Waals surface area (Å²) in [4.78, 5) is 4.35. The molecule has 2 aliphatic heterocycles. The van der Waals surface area contributed by atoms with Gasteiger partial charge in [-0.15, -0.1) is 12.1 Å². The van der Waals surface area contributed by atoms with Crippen molar-refractivity contribution >= 4 is 6.98 Å². The Morgan fingerprint density at radius 1 is 1.11 bits per heavy atom. The molecule has 1 unspecified atom stereocenters. The third-order valence-electron chi connectivity index (χ3n) is 4.04. The van der Waals surface area contributed by atoms with E-state index in [0.717, 1.165) is 32.6 Å². The van der Waals surface area contributed by atoms with Crippen LogP contribution in [0.25, 0.3) is 0 Å². The molecule has 0 aromatic carbocycles. The van der Waals surface area contributed by atoms with Gasteiger partial charge in [-0.1, -0.05) is 6.42 Å². The summed E-state index contributed by atoms with van der Waals surface area (Å²) >= 11 is 0. The van der Waals surface area contributed by atoms with Crippen LogP contribution in [0, 0.1) is 0 Å². The molecule has 2 nitrogen and oxygen atoms in total. The molecule has 2 saturated heterocycles. The van der Waals surface area contributed by atoms with Crippen LogP contribution in [-0.2, 0) is 0 Å². The third kappa shape index (κ3) is 5.45. The van der Waals surface area contributed by atoms with Gasteiger partial charge in [-0.2, -0.15) is 0 Å². The van der Waals surface area contributed by atoms with Gasteiger partial charge in [0.15, 0.2) is 0 Å². The maximum atomic E-state index is 12.5. The van der Waals surface area contributed by atoms with Gasteiger partial charge in [0.25, 0.3) is 0 Å². The molecule has 0 saturated carbocycles. The molecule has 0 aliphatic carbocycles. The Balaban J connectivity index is 0.00000180. The molecule has 2 heterocycles. The van der Waals surface area contributed by atoms with Gasteiger partial charge < -0.3 is 17.8 Å². The maximum Gasteiger partial charge on any atom is 1.00 e. The number of nitrogens with zero attached hydrogens (tertiary/aromatic N) is 2. The molecule has 7 heteroatoms. The molecule has 2 fully saturated rings. The molecule has 19 heavy (non-hydrogen) atoms. The summed E-state index contributed by atoms with van der Waals surface area (Å²) in [5.74, 6) is 0. The van der Waals surface area contributed by atoms with E-state index in [1.165, 1.54) is 19.3 Å². The van der Waals surface area contributed by atoms with E-state index < -0.39 is 12.4 Å². The van der Waals surface area contributed by atoms with Crippen molar-refractivity contribution in [3.8, 4) is 0 Å². The largest absolute Gasteiger partial charge is 1.00 e. The van der Waals surface area contributed by atoms with Crippen molar-refractivity contribution < 1.29 is 64.3 Å². The molecular formula is C12H21BF3KN2. The predicted molar refractivity (Wildman–Crippen MR) is 68.5 cm³/mol. The van der Waals surface area contributed by atoms with Gasteiger partial charge in [-0.25, -0.2) is 0 Å². The van der Waals surface area contributed by atoms with E-state index in [4.69, 9.17) is 0 Å². The van der Waals surface area contributed by atoms with Crippen LogP contribution in [0.15, 0.2) is 12.1 Å². The molecule has 1 atom stereocenters.